The monoisotopic (exact) mass is 296 g/mol. The summed E-state index contributed by atoms with van der Waals surface area (Å²) in [7, 11) is 1.83. The van der Waals surface area contributed by atoms with Crippen molar-refractivity contribution in [1.29, 1.82) is 0 Å². The second-order valence-electron chi connectivity index (χ2n) is 5.56. The molecule has 0 spiro atoms. The standard InChI is InChI=1S/C13H20N4O4/c1-9-10(5-16(3)15-9)4-14-12(20)17-7-13(2,8-17)21-6-11(18)19/h5H,4,6-8H2,1-3H3,(H,14,20)(H,18,19). The van der Waals surface area contributed by atoms with Crippen LogP contribution in [0.5, 0.6) is 0 Å². The van der Waals surface area contributed by atoms with Crippen LogP contribution >= 0.6 is 0 Å². The summed E-state index contributed by atoms with van der Waals surface area (Å²) in [5.41, 5.74) is 1.28. The summed E-state index contributed by atoms with van der Waals surface area (Å²) in [6.07, 6.45) is 1.87. The van der Waals surface area contributed by atoms with E-state index in [4.69, 9.17) is 9.84 Å². The van der Waals surface area contributed by atoms with E-state index < -0.39 is 11.6 Å². The Morgan fingerprint density at radius 2 is 2.19 bits per heavy atom. The first-order valence-corrected chi connectivity index (χ1v) is 6.67. The molecule has 21 heavy (non-hydrogen) atoms. The smallest absolute Gasteiger partial charge is 0.329 e. The molecule has 8 heteroatoms. The van der Waals surface area contributed by atoms with Crippen LogP contribution < -0.4 is 5.32 Å². The minimum atomic E-state index is -1.01. The molecule has 1 aliphatic heterocycles. The van der Waals surface area contributed by atoms with Crippen LogP contribution in [0, 0.1) is 6.92 Å². The zero-order valence-corrected chi connectivity index (χ0v) is 12.4. The van der Waals surface area contributed by atoms with Gasteiger partial charge >= 0.3 is 12.0 Å². The fourth-order valence-corrected chi connectivity index (χ4v) is 2.34. The fourth-order valence-electron chi connectivity index (χ4n) is 2.34. The lowest BCUT2D eigenvalue weighted by molar-refractivity contribution is -0.159. The summed E-state index contributed by atoms with van der Waals surface area (Å²) in [5, 5.41) is 15.6. The van der Waals surface area contributed by atoms with E-state index in [0.29, 0.717) is 19.6 Å². The highest BCUT2D eigenvalue weighted by Crippen LogP contribution is 2.24. The first-order chi connectivity index (χ1) is 9.79. The maximum atomic E-state index is 12.0. The number of amides is 2. The average molecular weight is 296 g/mol. The van der Waals surface area contributed by atoms with E-state index in [0.717, 1.165) is 11.3 Å². The number of urea groups is 1. The van der Waals surface area contributed by atoms with Crippen molar-refractivity contribution in [2.24, 2.45) is 7.05 Å². The molecule has 0 bridgehead atoms. The van der Waals surface area contributed by atoms with Crippen molar-refractivity contribution in [2.75, 3.05) is 19.7 Å². The molecule has 1 aromatic rings. The van der Waals surface area contributed by atoms with Crippen molar-refractivity contribution < 1.29 is 19.4 Å². The maximum absolute atomic E-state index is 12.0. The van der Waals surface area contributed by atoms with Crippen LogP contribution in [0.2, 0.25) is 0 Å². The van der Waals surface area contributed by atoms with Crippen molar-refractivity contribution in [1.82, 2.24) is 20.0 Å². The number of aryl methyl sites for hydroxylation is 2. The first kappa shape index (κ1) is 15.3. The van der Waals surface area contributed by atoms with E-state index in [-0.39, 0.29) is 12.6 Å². The van der Waals surface area contributed by atoms with Gasteiger partial charge in [0.2, 0.25) is 0 Å². The molecular weight excluding hydrogens is 276 g/mol. The van der Waals surface area contributed by atoms with Crippen LogP contribution in [-0.2, 0) is 23.1 Å². The van der Waals surface area contributed by atoms with Crippen molar-refractivity contribution in [3.05, 3.63) is 17.5 Å². The fraction of sp³-hybridized carbons (Fsp3) is 0.615. The second-order valence-corrected chi connectivity index (χ2v) is 5.56. The summed E-state index contributed by atoms with van der Waals surface area (Å²) in [4.78, 5) is 24.0. The number of carbonyl (C=O) groups excluding carboxylic acids is 1. The summed E-state index contributed by atoms with van der Waals surface area (Å²) >= 11 is 0. The molecule has 1 aromatic heterocycles. The summed E-state index contributed by atoms with van der Waals surface area (Å²) in [5.74, 6) is -1.01. The quantitative estimate of drug-likeness (QED) is 0.804. The number of carboxylic acid groups (broad SMARTS) is 1. The number of nitrogens with zero attached hydrogens (tertiary/aromatic N) is 3. The van der Waals surface area contributed by atoms with Crippen LogP contribution in [0.25, 0.3) is 0 Å². The highest BCUT2D eigenvalue weighted by molar-refractivity contribution is 5.75. The molecule has 0 aliphatic carbocycles. The predicted molar refractivity (Wildman–Crippen MR) is 73.7 cm³/mol. The topological polar surface area (TPSA) is 96.7 Å². The van der Waals surface area contributed by atoms with Gasteiger partial charge in [-0.05, 0) is 13.8 Å². The van der Waals surface area contributed by atoms with Crippen molar-refractivity contribution in [3.8, 4) is 0 Å². The molecule has 0 atom stereocenters. The molecule has 2 rings (SSSR count). The molecule has 2 heterocycles. The highest BCUT2D eigenvalue weighted by atomic mass is 16.5. The number of carbonyl (C=O) groups is 2. The van der Waals surface area contributed by atoms with Crippen molar-refractivity contribution in [2.45, 2.75) is 26.0 Å². The number of likely N-dealkylation sites (tertiary alicyclic amines) is 1. The van der Waals surface area contributed by atoms with Crippen LogP contribution in [0.1, 0.15) is 18.2 Å². The second kappa shape index (κ2) is 5.72. The van der Waals surface area contributed by atoms with Gasteiger partial charge in [-0.25, -0.2) is 9.59 Å². The molecule has 116 valence electrons. The number of rotatable bonds is 5. The third-order valence-corrected chi connectivity index (χ3v) is 3.43. The van der Waals surface area contributed by atoms with Gasteiger partial charge in [-0.3, -0.25) is 4.68 Å². The lowest BCUT2D eigenvalue weighted by atomic mass is 9.97. The molecule has 0 radical (unpaired) electrons. The van der Waals surface area contributed by atoms with Gasteiger partial charge in [-0.15, -0.1) is 0 Å². The summed E-state index contributed by atoms with van der Waals surface area (Å²) < 4.78 is 6.96. The number of aromatic nitrogens is 2. The molecular formula is C13H20N4O4. The van der Waals surface area contributed by atoms with Gasteiger partial charge in [-0.1, -0.05) is 0 Å². The largest absolute Gasteiger partial charge is 0.480 e. The Morgan fingerprint density at radius 3 is 2.71 bits per heavy atom. The summed E-state index contributed by atoms with van der Waals surface area (Å²) in [6, 6.07) is -0.186. The third-order valence-electron chi connectivity index (χ3n) is 3.43. The molecule has 0 saturated carbocycles. The maximum Gasteiger partial charge on any atom is 0.329 e. The Bertz CT molecular complexity index is 548. The zero-order valence-electron chi connectivity index (χ0n) is 12.4. The third kappa shape index (κ3) is 3.72. The van der Waals surface area contributed by atoms with Gasteiger partial charge in [0, 0.05) is 25.4 Å². The van der Waals surface area contributed by atoms with E-state index in [9.17, 15) is 9.59 Å². The first-order valence-electron chi connectivity index (χ1n) is 6.67. The Hall–Kier alpha value is -2.09. The number of ether oxygens (including phenoxy) is 1. The van der Waals surface area contributed by atoms with Gasteiger partial charge in [0.1, 0.15) is 12.2 Å². The van der Waals surface area contributed by atoms with Crippen molar-refractivity contribution >= 4 is 12.0 Å². The SMILES string of the molecule is Cc1nn(C)cc1CNC(=O)N1CC(C)(OCC(=O)O)C1. The Kier molecular flexibility index (Phi) is 4.17. The highest BCUT2D eigenvalue weighted by Gasteiger charge is 2.42. The number of aliphatic carboxylic acids is 1. The van der Waals surface area contributed by atoms with Gasteiger partial charge in [0.15, 0.2) is 0 Å². The number of hydrogen-bond acceptors (Lipinski definition) is 4. The lowest BCUT2D eigenvalue weighted by Crippen LogP contribution is -2.65. The Morgan fingerprint density at radius 1 is 1.52 bits per heavy atom. The van der Waals surface area contributed by atoms with E-state index in [1.165, 1.54) is 0 Å². The van der Waals surface area contributed by atoms with Gasteiger partial charge < -0.3 is 20.1 Å². The van der Waals surface area contributed by atoms with E-state index >= 15 is 0 Å². The lowest BCUT2D eigenvalue weighted by Gasteiger charge is -2.46. The molecule has 0 unspecified atom stereocenters. The van der Waals surface area contributed by atoms with E-state index in [1.807, 2.05) is 20.2 Å². The zero-order chi connectivity index (χ0) is 15.6. The molecule has 1 fully saturated rings. The van der Waals surface area contributed by atoms with Crippen molar-refractivity contribution in [3.63, 3.8) is 0 Å². The van der Waals surface area contributed by atoms with Crippen LogP contribution in [0.15, 0.2) is 6.20 Å². The van der Waals surface area contributed by atoms with Crippen LogP contribution in [0.4, 0.5) is 4.79 Å². The normalized spacial score (nSPS) is 16.4. The minimum Gasteiger partial charge on any atom is -0.480 e. The van der Waals surface area contributed by atoms with E-state index in [1.54, 1.807) is 16.5 Å². The number of carboxylic acids is 1. The Balaban J connectivity index is 1.76. The molecule has 1 aliphatic rings. The number of nitrogens with one attached hydrogen (secondary N) is 1. The van der Waals surface area contributed by atoms with Crippen LogP contribution in [-0.4, -0.2) is 57.1 Å². The Labute approximate surface area is 122 Å². The molecule has 2 amide bonds. The summed E-state index contributed by atoms with van der Waals surface area (Å²) in [6.45, 7) is 4.53. The van der Waals surface area contributed by atoms with Crippen LogP contribution in [0.3, 0.4) is 0 Å². The molecule has 1 saturated heterocycles. The van der Waals surface area contributed by atoms with Gasteiger partial charge in [0.05, 0.1) is 18.8 Å². The minimum absolute atomic E-state index is 0.186. The van der Waals surface area contributed by atoms with Gasteiger partial charge in [0.25, 0.3) is 0 Å². The van der Waals surface area contributed by atoms with E-state index in [2.05, 4.69) is 10.4 Å². The predicted octanol–water partition coefficient (Wildman–Crippen LogP) is 0.114. The average Bonchev–Trinajstić information content (AvgIpc) is 2.68. The van der Waals surface area contributed by atoms with Gasteiger partial charge in [-0.2, -0.15) is 5.10 Å². The molecule has 2 N–H and O–H groups in total. The molecule has 8 nitrogen and oxygen atoms in total. The number of hydrogen-bond donors (Lipinski definition) is 2. The molecule has 0 aromatic carbocycles.